The van der Waals surface area contributed by atoms with E-state index in [0.717, 1.165) is 11.6 Å². The highest BCUT2D eigenvalue weighted by Gasteiger charge is 2.25. The minimum absolute atomic E-state index is 0.0993. The van der Waals surface area contributed by atoms with Gasteiger partial charge in [-0.3, -0.25) is 9.59 Å². The second kappa shape index (κ2) is 16.5. The molecule has 1 aliphatic rings. The highest BCUT2D eigenvalue weighted by molar-refractivity contribution is 6.31. The molecular formula is C25H34Cl2N2O3. The molecule has 5 nitrogen and oxygen atoms in total. The van der Waals surface area contributed by atoms with Crippen LogP contribution >= 0.6 is 23.2 Å². The Bertz CT molecular complexity index is 799. The van der Waals surface area contributed by atoms with Crippen LogP contribution in [0.3, 0.4) is 0 Å². The molecule has 7 heteroatoms. The Labute approximate surface area is 201 Å². The van der Waals surface area contributed by atoms with Gasteiger partial charge in [0.05, 0.1) is 13.2 Å². The van der Waals surface area contributed by atoms with E-state index in [2.05, 4.69) is 15.4 Å². The Morgan fingerprint density at radius 3 is 2.22 bits per heavy atom. The first-order valence-corrected chi connectivity index (χ1v) is 11.8. The Morgan fingerprint density at radius 2 is 1.69 bits per heavy atom. The number of anilines is 1. The van der Waals surface area contributed by atoms with Gasteiger partial charge < -0.3 is 15.4 Å². The van der Waals surface area contributed by atoms with E-state index in [1.54, 1.807) is 24.3 Å². The van der Waals surface area contributed by atoms with Crippen LogP contribution in [0.5, 0.6) is 0 Å². The Hall–Kier alpha value is -2.08. The van der Waals surface area contributed by atoms with Crippen LogP contribution < -0.4 is 10.6 Å². The zero-order valence-corrected chi connectivity index (χ0v) is 20.6. The predicted molar refractivity (Wildman–Crippen MR) is 133 cm³/mol. The zero-order chi connectivity index (χ0) is 23.8. The molecule has 1 unspecified atom stereocenters. The average molecular weight is 481 g/mol. The number of hydrogen-bond acceptors (Lipinski definition) is 4. The van der Waals surface area contributed by atoms with Crippen molar-refractivity contribution >= 4 is 40.8 Å². The van der Waals surface area contributed by atoms with Crippen molar-refractivity contribution in [3.05, 3.63) is 64.6 Å². The van der Waals surface area contributed by atoms with Crippen molar-refractivity contribution in [3.8, 4) is 0 Å². The lowest BCUT2D eigenvalue weighted by Crippen LogP contribution is -2.41. The van der Waals surface area contributed by atoms with Crippen molar-refractivity contribution in [2.75, 3.05) is 19.0 Å². The van der Waals surface area contributed by atoms with Crippen LogP contribution in [0.1, 0.15) is 46.0 Å². The molecule has 0 aromatic heterocycles. The van der Waals surface area contributed by atoms with Gasteiger partial charge in [-0.15, -0.1) is 0 Å². The first-order valence-electron chi connectivity index (χ1n) is 11.0. The average Bonchev–Trinajstić information content (AvgIpc) is 3.62. The summed E-state index contributed by atoms with van der Waals surface area (Å²) >= 11 is 11.5. The molecule has 3 rings (SSSR count). The van der Waals surface area contributed by atoms with Crippen molar-refractivity contribution in [1.29, 1.82) is 0 Å². The number of carbonyl (C=O) groups excluding carboxylic acids is 2. The van der Waals surface area contributed by atoms with Gasteiger partial charge in [0.25, 0.3) is 0 Å². The van der Waals surface area contributed by atoms with Gasteiger partial charge in [-0.25, -0.2) is 0 Å². The van der Waals surface area contributed by atoms with Gasteiger partial charge in [0.15, 0.2) is 0 Å². The van der Waals surface area contributed by atoms with Crippen LogP contribution in [0.15, 0.2) is 54.6 Å². The minimum atomic E-state index is -0.320. The monoisotopic (exact) mass is 480 g/mol. The standard InChI is InChI=1S/C17H23ClN2O3.C6H5Cl.C2H6/c1-23-16(21)7-3-6-15(19-11-12-8-9-12)17(22)20-14-5-2-4-13(18)10-14;7-6-4-2-1-3-5-6;1-2/h2,4-5,10,12,15,19H,3,6-9,11H2,1H3,(H,20,22);1-5H;1-2H3. The molecule has 1 amide bonds. The first-order chi connectivity index (χ1) is 15.5. The van der Waals surface area contributed by atoms with Gasteiger partial charge >= 0.3 is 5.97 Å². The Morgan fingerprint density at radius 1 is 1.03 bits per heavy atom. The van der Waals surface area contributed by atoms with Crippen molar-refractivity contribution < 1.29 is 14.3 Å². The summed E-state index contributed by atoms with van der Waals surface area (Å²) < 4.78 is 4.63. The van der Waals surface area contributed by atoms with Gasteiger partial charge in [0.2, 0.25) is 5.91 Å². The minimum Gasteiger partial charge on any atom is -0.469 e. The third-order valence-electron chi connectivity index (χ3n) is 4.59. The predicted octanol–water partition coefficient (Wildman–Crippen LogP) is 6.36. The SMILES string of the molecule is CC.COC(=O)CCCC(NCC1CC1)C(=O)Nc1cccc(Cl)c1.Clc1ccccc1. The summed E-state index contributed by atoms with van der Waals surface area (Å²) in [6, 6.07) is 16.2. The maximum atomic E-state index is 12.5. The number of hydrogen-bond donors (Lipinski definition) is 2. The normalized spacial score (nSPS) is 12.9. The fourth-order valence-electron chi connectivity index (χ4n) is 2.72. The molecule has 2 aromatic carbocycles. The van der Waals surface area contributed by atoms with Crippen molar-refractivity contribution in [2.24, 2.45) is 5.92 Å². The summed E-state index contributed by atoms with van der Waals surface area (Å²) in [6.45, 7) is 4.84. The van der Waals surface area contributed by atoms with Crippen molar-refractivity contribution in [1.82, 2.24) is 5.32 Å². The molecule has 0 spiro atoms. The van der Waals surface area contributed by atoms with Crippen molar-refractivity contribution in [2.45, 2.75) is 52.0 Å². The van der Waals surface area contributed by atoms with Gasteiger partial charge in [0, 0.05) is 22.2 Å². The molecule has 176 valence electrons. The highest BCUT2D eigenvalue weighted by atomic mass is 35.5. The van der Waals surface area contributed by atoms with E-state index in [4.69, 9.17) is 23.2 Å². The zero-order valence-electron chi connectivity index (χ0n) is 19.1. The van der Waals surface area contributed by atoms with Crippen LogP contribution in [0.2, 0.25) is 10.0 Å². The second-order valence-electron chi connectivity index (χ2n) is 7.17. The number of methoxy groups -OCH3 is 1. The fraction of sp³-hybridized carbons (Fsp3) is 0.440. The first kappa shape index (κ1) is 28.0. The molecule has 2 aromatic rings. The topological polar surface area (TPSA) is 67.4 Å². The molecule has 0 aliphatic heterocycles. The molecule has 1 fully saturated rings. The summed E-state index contributed by atoms with van der Waals surface area (Å²) in [7, 11) is 1.37. The molecule has 1 saturated carbocycles. The van der Waals surface area contributed by atoms with Gasteiger partial charge in [-0.1, -0.05) is 61.3 Å². The Balaban J connectivity index is 0.000000477. The van der Waals surface area contributed by atoms with Crippen LogP contribution in [-0.2, 0) is 14.3 Å². The maximum absolute atomic E-state index is 12.5. The summed E-state index contributed by atoms with van der Waals surface area (Å²) in [5.74, 6) is 0.330. The van der Waals surface area contributed by atoms with Crippen LogP contribution in [0.4, 0.5) is 5.69 Å². The number of carbonyl (C=O) groups is 2. The molecule has 1 aliphatic carbocycles. The number of nitrogens with one attached hydrogen (secondary N) is 2. The van der Waals surface area contributed by atoms with Crippen LogP contribution in [0.25, 0.3) is 0 Å². The van der Waals surface area contributed by atoms with E-state index in [0.29, 0.717) is 35.9 Å². The number of ether oxygens (including phenoxy) is 1. The third-order valence-corrected chi connectivity index (χ3v) is 5.08. The van der Waals surface area contributed by atoms with E-state index in [1.165, 1.54) is 20.0 Å². The summed E-state index contributed by atoms with van der Waals surface area (Å²) in [6.07, 6.45) is 3.96. The molecule has 0 heterocycles. The number of halogens is 2. The number of esters is 1. The summed E-state index contributed by atoms with van der Waals surface area (Å²) in [4.78, 5) is 23.7. The highest BCUT2D eigenvalue weighted by Crippen LogP contribution is 2.28. The van der Waals surface area contributed by atoms with Crippen molar-refractivity contribution in [3.63, 3.8) is 0 Å². The lowest BCUT2D eigenvalue weighted by Gasteiger charge is -2.18. The number of benzene rings is 2. The lowest BCUT2D eigenvalue weighted by atomic mass is 10.1. The van der Waals surface area contributed by atoms with Gasteiger partial charge in [-0.2, -0.15) is 0 Å². The number of amides is 1. The summed E-state index contributed by atoms with van der Waals surface area (Å²) in [5, 5.41) is 7.56. The largest absolute Gasteiger partial charge is 0.469 e. The smallest absolute Gasteiger partial charge is 0.305 e. The molecule has 0 radical (unpaired) electrons. The van der Waals surface area contributed by atoms with E-state index in [9.17, 15) is 9.59 Å². The third kappa shape index (κ3) is 12.7. The Kier molecular flexibility index (Phi) is 14.4. The quantitative estimate of drug-likeness (QED) is 0.409. The molecular weight excluding hydrogens is 447 g/mol. The van der Waals surface area contributed by atoms with E-state index < -0.39 is 0 Å². The molecule has 32 heavy (non-hydrogen) atoms. The fourth-order valence-corrected chi connectivity index (χ4v) is 3.06. The van der Waals surface area contributed by atoms with E-state index in [1.807, 2.05) is 44.2 Å². The van der Waals surface area contributed by atoms with Crippen LogP contribution in [-0.4, -0.2) is 31.6 Å². The van der Waals surface area contributed by atoms with Gasteiger partial charge in [0.1, 0.15) is 0 Å². The molecule has 0 bridgehead atoms. The maximum Gasteiger partial charge on any atom is 0.305 e. The van der Waals surface area contributed by atoms with Gasteiger partial charge in [-0.05, 0) is 68.5 Å². The lowest BCUT2D eigenvalue weighted by molar-refractivity contribution is -0.140. The van der Waals surface area contributed by atoms with E-state index in [-0.39, 0.29) is 17.9 Å². The molecule has 1 atom stereocenters. The summed E-state index contributed by atoms with van der Waals surface area (Å²) in [5.41, 5.74) is 0.675. The molecule has 0 saturated heterocycles. The number of rotatable bonds is 9. The molecule has 2 N–H and O–H groups in total. The second-order valence-corrected chi connectivity index (χ2v) is 8.04. The van der Waals surface area contributed by atoms with Crippen LogP contribution in [0, 0.1) is 5.92 Å². The van der Waals surface area contributed by atoms with E-state index >= 15 is 0 Å².